The van der Waals surface area contributed by atoms with E-state index in [0.717, 1.165) is 12.8 Å². The normalized spacial score (nSPS) is 26.3. The number of halogens is 1. The van der Waals surface area contributed by atoms with Crippen LogP contribution in [0.25, 0.3) is 0 Å². The van der Waals surface area contributed by atoms with Gasteiger partial charge in [-0.25, -0.2) is 4.39 Å². The third kappa shape index (κ3) is 2.70. The van der Waals surface area contributed by atoms with Crippen molar-refractivity contribution in [1.82, 2.24) is 0 Å². The van der Waals surface area contributed by atoms with E-state index in [1.165, 1.54) is 25.3 Å². The Kier molecular flexibility index (Phi) is 4.43. The summed E-state index contributed by atoms with van der Waals surface area (Å²) in [4.78, 5) is 12.9. The second-order valence-electron chi connectivity index (χ2n) is 5.57. The zero-order chi connectivity index (χ0) is 14.8. The van der Waals surface area contributed by atoms with Crippen LogP contribution in [0.3, 0.4) is 0 Å². The Morgan fingerprint density at radius 3 is 2.75 bits per heavy atom. The van der Waals surface area contributed by atoms with E-state index in [1.807, 2.05) is 0 Å². The number of ketones is 1. The van der Waals surface area contributed by atoms with Gasteiger partial charge in [0.25, 0.3) is 0 Å². The number of carbonyl (C=O) groups excluding carboxylic acids is 1. The van der Waals surface area contributed by atoms with E-state index in [9.17, 15) is 9.18 Å². The van der Waals surface area contributed by atoms with E-state index in [2.05, 4.69) is 6.92 Å². The third-order valence-corrected chi connectivity index (χ3v) is 4.17. The van der Waals surface area contributed by atoms with E-state index < -0.39 is 11.4 Å². The fraction of sp³-hybridized carbons (Fsp3) is 0.562. The number of methoxy groups -OCH3 is 2. The summed E-state index contributed by atoms with van der Waals surface area (Å²) < 4.78 is 24.2. The molecule has 0 saturated heterocycles. The van der Waals surface area contributed by atoms with Crippen LogP contribution >= 0.6 is 0 Å². The van der Waals surface area contributed by atoms with Gasteiger partial charge in [0.1, 0.15) is 17.2 Å². The third-order valence-electron chi connectivity index (χ3n) is 4.17. The summed E-state index contributed by atoms with van der Waals surface area (Å²) in [5.74, 6) is 0.199. The highest BCUT2D eigenvalue weighted by molar-refractivity contribution is 6.04. The molecule has 0 N–H and O–H groups in total. The van der Waals surface area contributed by atoms with Crippen molar-refractivity contribution in [2.24, 2.45) is 5.92 Å². The minimum absolute atomic E-state index is 0.178. The molecule has 0 amide bonds. The monoisotopic (exact) mass is 280 g/mol. The van der Waals surface area contributed by atoms with E-state index in [0.29, 0.717) is 24.5 Å². The Hall–Kier alpha value is -1.42. The molecule has 0 aromatic heterocycles. The summed E-state index contributed by atoms with van der Waals surface area (Å²) in [6.45, 7) is 2.11. The van der Waals surface area contributed by atoms with Gasteiger partial charge in [0.2, 0.25) is 0 Å². The molecular formula is C16H21FO3. The van der Waals surface area contributed by atoms with Crippen LogP contribution < -0.4 is 4.74 Å². The van der Waals surface area contributed by atoms with E-state index >= 15 is 0 Å². The van der Waals surface area contributed by atoms with Gasteiger partial charge in [-0.05, 0) is 43.4 Å². The fourth-order valence-electron chi connectivity index (χ4n) is 3.09. The first kappa shape index (κ1) is 15.0. The molecule has 1 fully saturated rings. The zero-order valence-corrected chi connectivity index (χ0v) is 12.2. The molecule has 2 rings (SSSR count). The van der Waals surface area contributed by atoms with Crippen molar-refractivity contribution in [2.75, 3.05) is 14.2 Å². The minimum atomic E-state index is -0.848. The summed E-state index contributed by atoms with van der Waals surface area (Å²) in [5.41, 5.74) is -0.581. The zero-order valence-electron chi connectivity index (χ0n) is 12.2. The molecule has 1 aromatic carbocycles. The first-order chi connectivity index (χ1) is 9.52. The van der Waals surface area contributed by atoms with Crippen LogP contribution in [0, 0.1) is 11.7 Å². The van der Waals surface area contributed by atoms with Gasteiger partial charge >= 0.3 is 0 Å². The average Bonchev–Trinajstić information content (AvgIpc) is 2.46. The highest BCUT2D eigenvalue weighted by atomic mass is 19.1. The average molecular weight is 280 g/mol. The Bertz CT molecular complexity index is 500. The molecule has 2 atom stereocenters. The first-order valence-corrected chi connectivity index (χ1v) is 6.96. The predicted molar refractivity (Wildman–Crippen MR) is 74.7 cm³/mol. The van der Waals surface area contributed by atoms with Crippen LogP contribution in [0.2, 0.25) is 0 Å². The molecule has 1 aliphatic rings. The largest absolute Gasteiger partial charge is 0.496 e. The van der Waals surface area contributed by atoms with Gasteiger partial charge in [-0.2, -0.15) is 0 Å². The molecule has 3 nitrogen and oxygen atoms in total. The lowest BCUT2D eigenvalue weighted by molar-refractivity contribution is -0.0304. The summed E-state index contributed by atoms with van der Waals surface area (Å²) in [7, 11) is 3.04. The highest BCUT2D eigenvalue weighted by Crippen LogP contribution is 2.38. The molecule has 0 bridgehead atoms. The molecule has 2 unspecified atom stereocenters. The number of Topliss-reactive ketones (excluding diaryl/α,β-unsaturated/α-hetero) is 1. The first-order valence-electron chi connectivity index (χ1n) is 6.96. The van der Waals surface area contributed by atoms with Gasteiger partial charge in [0, 0.05) is 7.11 Å². The number of carbonyl (C=O) groups is 1. The molecular weight excluding hydrogens is 259 g/mol. The van der Waals surface area contributed by atoms with Crippen molar-refractivity contribution in [1.29, 1.82) is 0 Å². The van der Waals surface area contributed by atoms with Crippen molar-refractivity contribution in [3.05, 3.63) is 29.6 Å². The van der Waals surface area contributed by atoms with Crippen LogP contribution in [0.5, 0.6) is 5.75 Å². The summed E-state index contributed by atoms with van der Waals surface area (Å²) >= 11 is 0. The van der Waals surface area contributed by atoms with Gasteiger partial charge in [-0.3, -0.25) is 4.79 Å². The number of hydrogen-bond acceptors (Lipinski definition) is 3. The summed E-state index contributed by atoms with van der Waals surface area (Å²) in [6.07, 6.45) is 3.38. The maximum Gasteiger partial charge on any atom is 0.198 e. The number of rotatable bonds is 4. The van der Waals surface area contributed by atoms with E-state index in [1.54, 1.807) is 7.11 Å². The number of hydrogen-bond donors (Lipinski definition) is 0. The number of benzene rings is 1. The molecule has 0 radical (unpaired) electrons. The molecule has 4 heteroatoms. The Balaban J connectivity index is 2.40. The van der Waals surface area contributed by atoms with Gasteiger partial charge in [0.05, 0.1) is 12.7 Å². The topological polar surface area (TPSA) is 35.5 Å². The van der Waals surface area contributed by atoms with Crippen molar-refractivity contribution >= 4 is 5.78 Å². The molecule has 20 heavy (non-hydrogen) atoms. The molecule has 1 saturated carbocycles. The lowest BCUT2D eigenvalue weighted by atomic mass is 9.74. The van der Waals surface area contributed by atoms with Crippen LogP contribution in [0.4, 0.5) is 4.39 Å². The maximum atomic E-state index is 13.5. The SMILES string of the molecule is COc1ccc(F)cc1C(=O)C1(OC)CCCC(C)C1. The fourth-order valence-corrected chi connectivity index (χ4v) is 3.09. The van der Waals surface area contributed by atoms with Crippen molar-refractivity contribution in [3.63, 3.8) is 0 Å². The maximum absolute atomic E-state index is 13.5. The quantitative estimate of drug-likeness (QED) is 0.790. The molecule has 0 spiro atoms. The van der Waals surface area contributed by atoms with Crippen molar-refractivity contribution in [2.45, 2.75) is 38.2 Å². The molecule has 0 aliphatic heterocycles. The van der Waals surface area contributed by atoms with Gasteiger partial charge in [-0.1, -0.05) is 13.3 Å². The lowest BCUT2D eigenvalue weighted by Gasteiger charge is -2.37. The Morgan fingerprint density at radius 1 is 1.40 bits per heavy atom. The van der Waals surface area contributed by atoms with Crippen molar-refractivity contribution < 1.29 is 18.7 Å². The van der Waals surface area contributed by atoms with Gasteiger partial charge < -0.3 is 9.47 Å². The molecule has 110 valence electrons. The van der Waals surface area contributed by atoms with Crippen molar-refractivity contribution in [3.8, 4) is 5.75 Å². The van der Waals surface area contributed by atoms with Crippen LogP contribution in [-0.4, -0.2) is 25.6 Å². The van der Waals surface area contributed by atoms with Crippen LogP contribution in [0.15, 0.2) is 18.2 Å². The summed E-state index contributed by atoms with van der Waals surface area (Å²) in [6, 6.07) is 4.01. The lowest BCUT2D eigenvalue weighted by Crippen LogP contribution is -2.44. The summed E-state index contributed by atoms with van der Waals surface area (Å²) in [5, 5.41) is 0. The smallest absolute Gasteiger partial charge is 0.198 e. The Labute approximate surface area is 119 Å². The van der Waals surface area contributed by atoms with Crippen LogP contribution in [0.1, 0.15) is 43.0 Å². The second-order valence-corrected chi connectivity index (χ2v) is 5.57. The molecule has 1 aliphatic carbocycles. The van der Waals surface area contributed by atoms with Gasteiger partial charge in [0.15, 0.2) is 5.78 Å². The number of ether oxygens (including phenoxy) is 2. The second kappa shape index (κ2) is 5.92. The predicted octanol–water partition coefficient (Wildman–Crippen LogP) is 3.61. The van der Waals surface area contributed by atoms with Gasteiger partial charge in [-0.15, -0.1) is 0 Å². The molecule has 0 heterocycles. The molecule has 1 aromatic rings. The highest BCUT2D eigenvalue weighted by Gasteiger charge is 2.43. The minimum Gasteiger partial charge on any atom is -0.496 e. The van der Waals surface area contributed by atoms with E-state index in [-0.39, 0.29) is 11.3 Å². The van der Waals surface area contributed by atoms with Crippen LogP contribution in [-0.2, 0) is 4.74 Å². The van der Waals surface area contributed by atoms with E-state index in [4.69, 9.17) is 9.47 Å². The standard InChI is InChI=1S/C16H21FO3/c1-11-5-4-8-16(10-11,20-3)15(18)13-9-12(17)6-7-14(13)19-2/h6-7,9,11H,4-5,8,10H2,1-3H3. The Morgan fingerprint density at radius 2 is 2.15 bits per heavy atom.